The van der Waals surface area contributed by atoms with E-state index in [1.165, 1.54) is 16.2 Å². The highest BCUT2D eigenvalue weighted by molar-refractivity contribution is 7.99. The number of carbonyl (C=O) groups excluding carboxylic acids is 1. The first-order valence-electron chi connectivity index (χ1n) is 14.6. The van der Waals surface area contributed by atoms with Crippen LogP contribution in [-0.2, 0) is 10.5 Å². The van der Waals surface area contributed by atoms with Crippen LogP contribution in [0.4, 0.5) is 4.39 Å². The second-order valence-corrected chi connectivity index (χ2v) is 14.7. The number of nitrogens with zero attached hydrogens (tertiary/aromatic N) is 3. The molecule has 0 bridgehead atoms. The molecule has 2 aromatic heterocycles. The van der Waals surface area contributed by atoms with Gasteiger partial charge in [-0.15, -0.1) is 0 Å². The summed E-state index contributed by atoms with van der Waals surface area (Å²) in [5.41, 5.74) is 0.614. The van der Waals surface area contributed by atoms with E-state index in [0.29, 0.717) is 32.1 Å². The van der Waals surface area contributed by atoms with Crippen LogP contribution in [0.2, 0.25) is 0 Å². The predicted molar refractivity (Wildman–Crippen MR) is 168 cm³/mol. The zero-order valence-electron chi connectivity index (χ0n) is 24.4. The number of hydrogen-bond donors (Lipinski definition) is 1. The van der Waals surface area contributed by atoms with Crippen LogP contribution in [0.25, 0.3) is 11.0 Å². The Labute approximate surface area is 253 Å². The third kappa shape index (κ3) is 7.05. The summed E-state index contributed by atoms with van der Waals surface area (Å²) in [7, 11) is 1.65. The Balaban J connectivity index is 1.23. The molecule has 2 fully saturated rings. The number of aromatic nitrogens is 3. The number of benzene rings is 1. The number of fused-ring (bicyclic) bond motifs is 1. The Morgan fingerprint density at radius 3 is 2.40 bits per heavy atom. The van der Waals surface area contributed by atoms with Gasteiger partial charge in [-0.2, -0.15) is 23.5 Å². The minimum absolute atomic E-state index is 0.00706. The normalized spacial score (nSPS) is 20.0. The van der Waals surface area contributed by atoms with Crippen LogP contribution >= 0.6 is 23.5 Å². The van der Waals surface area contributed by atoms with E-state index in [4.69, 9.17) is 4.74 Å². The van der Waals surface area contributed by atoms with Crippen molar-refractivity contribution < 1.29 is 13.9 Å². The van der Waals surface area contributed by atoms with Gasteiger partial charge in [0.05, 0.1) is 18.7 Å². The van der Waals surface area contributed by atoms with Gasteiger partial charge in [0.25, 0.3) is 5.56 Å². The SMILES string of the molecule is COc1ccc(CSC(C)(C)CC(=O)NC2CCC(n3c(=O)c4cc(F)cnc4n(C4CCSCC4)c3=O)CC2)cc1. The molecule has 5 rings (SSSR count). The van der Waals surface area contributed by atoms with Crippen molar-refractivity contribution in [3.05, 3.63) is 68.7 Å². The smallest absolute Gasteiger partial charge is 0.333 e. The van der Waals surface area contributed by atoms with E-state index in [0.717, 1.165) is 42.0 Å². The fraction of sp³-hybridized carbons (Fsp3) is 0.548. The van der Waals surface area contributed by atoms with Gasteiger partial charge in [-0.25, -0.2) is 14.2 Å². The number of nitrogens with one attached hydrogen (secondary N) is 1. The molecular formula is C31H39FN4O4S2. The van der Waals surface area contributed by atoms with Crippen molar-refractivity contribution in [3.63, 3.8) is 0 Å². The third-order valence-electron chi connectivity index (χ3n) is 8.28. The number of amides is 1. The van der Waals surface area contributed by atoms with E-state index >= 15 is 0 Å². The first kappa shape index (κ1) is 30.7. The Morgan fingerprint density at radius 2 is 1.74 bits per heavy atom. The number of pyridine rings is 1. The van der Waals surface area contributed by atoms with Crippen LogP contribution in [0.1, 0.15) is 76.4 Å². The highest BCUT2D eigenvalue weighted by atomic mass is 32.2. The van der Waals surface area contributed by atoms with E-state index in [1.54, 1.807) is 23.4 Å². The summed E-state index contributed by atoms with van der Waals surface area (Å²) in [6, 6.07) is 8.79. The molecule has 1 aliphatic heterocycles. The van der Waals surface area contributed by atoms with E-state index < -0.39 is 11.4 Å². The first-order chi connectivity index (χ1) is 20.1. The average molecular weight is 615 g/mol. The maximum absolute atomic E-state index is 14.2. The van der Waals surface area contributed by atoms with Crippen LogP contribution < -0.4 is 21.3 Å². The predicted octanol–water partition coefficient (Wildman–Crippen LogP) is 5.48. The van der Waals surface area contributed by atoms with Gasteiger partial charge < -0.3 is 10.1 Å². The van der Waals surface area contributed by atoms with E-state index in [9.17, 15) is 18.8 Å². The van der Waals surface area contributed by atoms with Crippen molar-refractivity contribution in [2.45, 2.75) is 87.4 Å². The molecule has 1 saturated carbocycles. The second kappa shape index (κ2) is 13.2. The summed E-state index contributed by atoms with van der Waals surface area (Å²) in [4.78, 5) is 44.5. The Kier molecular flexibility index (Phi) is 9.67. The van der Waals surface area contributed by atoms with Crippen molar-refractivity contribution in [2.24, 2.45) is 0 Å². The molecule has 226 valence electrons. The summed E-state index contributed by atoms with van der Waals surface area (Å²) in [5.74, 6) is 2.90. The van der Waals surface area contributed by atoms with Gasteiger partial charge in [0.15, 0.2) is 0 Å². The summed E-state index contributed by atoms with van der Waals surface area (Å²) < 4.78 is 22.1. The zero-order chi connectivity index (χ0) is 29.9. The molecule has 3 heterocycles. The minimum Gasteiger partial charge on any atom is -0.497 e. The minimum atomic E-state index is -0.591. The van der Waals surface area contributed by atoms with E-state index in [-0.39, 0.29) is 45.5 Å². The van der Waals surface area contributed by atoms with Crippen molar-refractivity contribution in [3.8, 4) is 5.75 Å². The third-order valence-corrected chi connectivity index (χ3v) is 10.7. The van der Waals surface area contributed by atoms with Gasteiger partial charge in [0, 0.05) is 35.0 Å². The zero-order valence-corrected chi connectivity index (χ0v) is 26.1. The molecule has 1 aliphatic carbocycles. The van der Waals surface area contributed by atoms with E-state index in [2.05, 4.69) is 24.1 Å². The van der Waals surface area contributed by atoms with E-state index in [1.807, 2.05) is 36.0 Å². The molecule has 1 amide bonds. The van der Waals surface area contributed by atoms with Gasteiger partial charge in [-0.05, 0) is 73.8 Å². The number of thioether (sulfide) groups is 2. The molecule has 0 spiro atoms. The molecule has 1 saturated heterocycles. The number of methoxy groups -OCH3 is 1. The molecule has 1 N–H and O–H groups in total. The lowest BCUT2D eigenvalue weighted by Crippen LogP contribution is -2.47. The van der Waals surface area contributed by atoms with Gasteiger partial charge in [0.1, 0.15) is 17.2 Å². The lowest BCUT2D eigenvalue weighted by Gasteiger charge is -2.32. The molecule has 2 aliphatic rings. The van der Waals surface area contributed by atoms with Crippen LogP contribution in [-0.4, -0.2) is 49.4 Å². The summed E-state index contributed by atoms with van der Waals surface area (Å²) in [5, 5.41) is 3.34. The van der Waals surface area contributed by atoms with Gasteiger partial charge in [-0.3, -0.25) is 18.7 Å². The van der Waals surface area contributed by atoms with Gasteiger partial charge in [-0.1, -0.05) is 26.0 Å². The molecule has 0 unspecified atom stereocenters. The molecule has 0 radical (unpaired) electrons. The van der Waals surface area contributed by atoms with Crippen LogP contribution in [0.15, 0.2) is 46.1 Å². The molecule has 0 atom stereocenters. The number of ether oxygens (including phenoxy) is 1. The summed E-state index contributed by atoms with van der Waals surface area (Å²) in [6.07, 6.45) is 5.60. The maximum Gasteiger partial charge on any atom is 0.333 e. The Hall–Kier alpha value is -2.79. The molecule has 11 heteroatoms. The highest BCUT2D eigenvalue weighted by Crippen LogP contribution is 2.33. The summed E-state index contributed by atoms with van der Waals surface area (Å²) in [6.45, 7) is 4.16. The maximum atomic E-state index is 14.2. The second-order valence-electron chi connectivity index (χ2n) is 11.8. The molecule has 3 aromatic rings. The van der Waals surface area contributed by atoms with Crippen LogP contribution in [0.3, 0.4) is 0 Å². The van der Waals surface area contributed by atoms with Gasteiger partial charge in [0.2, 0.25) is 5.91 Å². The standard InChI is InChI=1S/C31H39FN4O4S2/c1-31(2,42-19-20-4-10-25(40-3)11-5-20)17-27(37)34-22-6-8-23(9-7-22)36-29(38)26-16-21(32)18-33-28(26)35(30(36)39)24-12-14-41-15-13-24/h4-5,10-11,16,18,22-24H,6-9,12-15,17,19H2,1-3H3,(H,34,37). The number of carbonyl (C=O) groups is 1. The summed E-state index contributed by atoms with van der Waals surface area (Å²) >= 11 is 3.59. The van der Waals surface area contributed by atoms with Crippen LogP contribution in [0.5, 0.6) is 5.75 Å². The quantitative estimate of drug-likeness (QED) is 0.341. The van der Waals surface area contributed by atoms with Crippen molar-refractivity contribution in [1.29, 1.82) is 0 Å². The molecule has 1 aromatic carbocycles. The van der Waals surface area contributed by atoms with Gasteiger partial charge >= 0.3 is 5.69 Å². The largest absolute Gasteiger partial charge is 0.497 e. The average Bonchev–Trinajstić information content (AvgIpc) is 2.98. The molecule has 8 nitrogen and oxygen atoms in total. The Bertz CT molecular complexity index is 1520. The fourth-order valence-corrected chi connectivity index (χ4v) is 8.06. The number of hydrogen-bond acceptors (Lipinski definition) is 7. The Morgan fingerprint density at radius 1 is 1.07 bits per heavy atom. The number of halogens is 1. The number of rotatable bonds is 9. The lowest BCUT2D eigenvalue weighted by atomic mass is 9.90. The first-order valence-corrected chi connectivity index (χ1v) is 16.8. The molecule has 42 heavy (non-hydrogen) atoms. The highest BCUT2D eigenvalue weighted by Gasteiger charge is 2.31. The van der Waals surface area contributed by atoms with Crippen LogP contribution in [0, 0.1) is 5.82 Å². The lowest BCUT2D eigenvalue weighted by molar-refractivity contribution is -0.122. The van der Waals surface area contributed by atoms with Crippen molar-refractivity contribution >= 4 is 40.5 Å². The fourth-order valence-electron chi connectivity index (χ4n) is 5.99. The topological polar surface area (TPSA) is 95.2 Å². The molecular weight excluding hydrogens is 575 g/mol. The monoisotopic (exact) mass is 614 g/mol. The van der Waals surface area contributed by atoms with Crippen molar-refractivity contribution in [1.82, 2.24) is 19.4 Å². The van der Waals surface area contributed by atoms with Crippen molar-refractivity contribution in [2.75, 3.05) is 18.6 Å².